The molecule has 1 saturated carbocycles. The minimum atomic E-state index is -0.775. The Morgan fingerprint density at radius 3 is 2.06 bits per heavy atom. The van der Waals surface area contributed by atoms with E-state index in [4.69, 9.17) is 14.9 Å². The molecule has 1 aliphatic carbocycles. The van der Waals surface area contributed by atoms with Crippen molar-refractivity contribution in [3.63, 3.8) is 0 Å². The van der Waals surface area contributed by atoms with E-state index in [2.05, 4.69) is 29.6 Å². The van der Waals surface area contributed by atoms with Crippen LogP contribution in [0.5, 0.6) is 5.75 Å². The average molecular weight is 471 g/mol. The molecule has 1 aliphatic heterocycles. The van der Waals surface area contributed by atoms with Gasteiger partial charge < -0.3 is 25.2 Å². The lowest BCUT2D eigenvalue weighted by atomic mass is 9.69. The zero-order valence-electron chi connectivity index (χ0n) is 20.3. The average Bonchev–Trinajstić information content (AvgIpc) is 3.46. The summed E-state index contributed by atoms with van der Waals surface area (Å²) in [5.74, 6) is 0.556. The third kappa shape index (κ3) is 7.48. The van der Waals surface area contributed by atoms with E-state index in [0.717, 1.165) is 45.9 Å². The number of hydrogen-bond donors (Lipinski definition) is 3. The van der Waals surface area contributed by atoms with Gasteiger partial charge in [-0.25, -0.2) is 4.79 Å². The molecule has 3 N–H and O–H groups in total. The lowest BCUT2D eigenvalue weighted by Crippen LogP contribution is -2.42. The van der Waals surface area contributed by atoms with Gasteiger partial charge in [-0.1, -0.05) is 61.7 Å². The number of carbonyl (C=O) groups is 2. The van der Waals surface area contributed by atoms with Gasteiger partial charge in [0.2, 0.25) is 0 Å². The first-order chi connectivity index (χ1) is 16.6. The topological polar surface area (TPSA) is 99.1 Å². The van der Waals surface area contributed by atoms with E-state index >= 15 is 0 Å². The van der Waals surface area contributed by atoms with Crippen LogP contribution in [0.2, 0.25) is 0 Å². The predicted molar refractivity (Wildman–Crippen MR) is 134 cm³/mol. The van der Waals surface area contributed by atoms with Gasteiger partial charge in [0, 0.05) is 32.2 Å². The summed E-state index contributed by atoms with van der Waals surface area (Å²) in [6.45, 7) is 2.14. The molecule has 2 fully saturated rings. The summed E-state index contributed by atoms with van der Waals surface area (Å²) < 4.78 is 5.31. The maximum absolute atomic E-state index is 12.6. The molecule has 2 aromatic carbocycles. The Morgan fingerprint density at radius 2 is 1.50 bits per heavy atom. The number of carbonyl (C=O) groups excluding carboxylic acids is 1. The third-order valence-electron chi connectivity index (χ3n) is 6.51. The molecule has 2 amide bonds. The van der Waals surface area contributed by atoms with Crippen molar-refractivity contribution in [3.05, 3.63) is 65.7 Å². The van der Waals surface area contributed by atoms with Crippen molar-refractivity contribution in [3.8, 4) is 5.75 Å². The summed E-state index contributed by atoms with van der Waals surface area (Å²) in [4.78, 5) is 24.2. The van der Waals surface area contributed by atoms with Crippen molar-refractivity contribution in [2.45, 2.75) is 50.4 Å². The summed E-state index contributed by atoms with van der Waals surface area (Å²) >= 11 is 0. The maximum Gasteiger partial charge on any atom is 0.407 e. The summed E-state index contributed by atoms with van der Waals surface area (Å²) in [6, 6.07) is 18.0. The van der Waals surface area contributed by atoms with Crippen LogP contribution >= 0.6 is 0 Å². The lowest BCUT2D eigenvalue weighted by molar-refractivity contribution is 0.0933. The number of methoxy groups -OCH3 is 1. The van der Waals surface area contributed by atoms with Gasteiger partial charge in [-0.3, -0.25) is 4.79 Å². The molecule has 34 heavy (non-hydrogen) atoms. The highest BCUT2D eigenvalue weighted by molar-refractivity contribution is 5.96. The summed E-state index contributed by atoms with van der Waals surface area (Å²) in [7, 11) is 2.60. The predicted octanol–water partition coefficient (Wildman–Crippen LogP) is 4.70. The van der Waals surface area contributed by atoms with E-state index in [-0.39, 0.29) is 11.3 Å². The number of benzene rings is 2. The molecule has 0 spiro atoms. The maximum atomic E-state index is 12.6. The molecule has 0 aromatic heterocycles. The minimum Gasteiger partial charge on any atom is -0.496 e. The van der Waals surface area contributed by atoms with Crippen molar-refractivity contribution in [2.75, 3.05) is 33.9 Å². The normalized spacial score (nSPS) is 16.3. The zero-order chi connectivity index (χ0) is 24.8. The Kier molecular flexibility index (Phi) is 11.4. The molecular formula is C27H38N2O5. The number of aliphatic hydroxyl groups excluding tert-OH is 1. The van der Waals surface area contributed by atoms with Gasteiger partial charge >= 0.3 is 6.09 Å². The Labute approximate surface area is 202 Å². The van der Waals surface area contributed by atoms with E-state index in [1.807, 2.05) is 30.3 Å². The van der Waals surface area contributed by atoms with Gasteiger partial charge in [-0.05, 0) is 43.4 Å². The molecule has 0 atom stereocenters. The highest BCUT2D eigenvalue weighted by Crippen LogP contribution is 2.39. The molecule has 7 nitrogen and oxygen atoms in total. The second-order valence-electron chi connectivity index (χ2n) is 8.57. The number of amides is 2. The fourth-order valence-corrected chi connectivity index (χ4v) is 4.67. The van der Waals surface area contributed by atoms with Gasteiger partial charge in [-0.2, -0.15) is 0 Å². The van der Waals surface area contributed by atoms with Crippen LogP contribution < -0.4 is 10.1 Å². The Balaban J connectivity index is 0.000000343. The summed E-state index contributed by atoms with van der Waals surface area (Å²) in [5, 5.41) is 18.5. The molecule has 2 aliphatic rings. The van der Waals surface area contributed by atoms with Gasteiger partial charge in [0.25, 0.3) is 5.91 Å². The van der Waals surface area contributed by atoms with Crippen molar-refractivity contribution < 1.29 is 24.5 Å². The number of likely N-dealkylation sites (tertiary alicyclic amines) is 1. The SMILES string of the molecule is CO.COc1ccccc1C(=O)NCC1(c2ccccc2)CCCCC1.O=C(O)N1CCCC1. The summed E-state index contributed by atoms with van der Waals surface area (Å²) in [5.41, 5.74) is 1.99. The lowest BCUT2D eigenvalue weighted by Gasteiger charge is -2.38. The van der Waals surface area contributed by atoms with Crippen molar-refractivity contribution in [1.29, 1.82) is 0 Å². The van der Waals surface area contributed by atoms with Crippen molar-refractivity contribution in [1.82, 2.24) is 10.2 Å². The molecule has 0 radical (unpaired) electrons. The largest absolute Gasteiger partial charge is 0.496 e. The van der Waals surface area contributed by atoms with E-state index in [1.165, 1.54) is 29.7 Å². The fourth-order valence-electron chi connectivity index (χ4n) is 4.67. The van der Waals surface area contributed by atoms with Crippen LogP contribution in [0.15, 0.2) is 54.6 Å². The number of para-hydroxylation sites is 1. The molecule has 0 unspecified atom stereocenters. The van der Waals surface area contributed by atoms with Crippen LogP contribution in [0, 0.1) is 0 Å². The van der Waals surface area contributed by atoms with E-state index in [0.29, 0.717) is 17.9 Å². The smallest absolute Gasteiger partial charge is 0.407 e. The molecule has 1 heterocycles. The van der Waals surface area contributed by atoms with Crippen LogP contribution in [0.4, 0.5) is 4.79 Å². The van der Waals surface area contributed by atoms with Gasteiger partial charge in [0.1, 0.15) is 5.75 Å². The number of nitrogens with zero attached hydrogens (tertiary/aromatic N) is 1. The van der Waals surface area contributed by atoms with Crippen LogP contribution in [0.1, 0.15) is 60.9 Å². The number of rotatable bonds is 5. The molecule has 1 saturated heterocycles. The quantitative estimate of drug-likeness (QED) is 0.588. The standard InChI is InChI=1S/C21H25NO2.C5H9NO2.CH4O/c1-24-19-13-7-6-12-18(19)20(23)22-16-21(14-8-3-9-15-21)17-10-4-2-5-11-17;7-5(8)6-3-1-2-4-6;1-2/h2,4-7,10-13H,3,8-9,14-16H2,1H3,(H,22,23);1-4H2,(H,7,8);2H,1H3. The number of nitrogens with one attached hydrogen (secondary N) is 1. The van der Waals surface area contributed by atoms with Crippen molar-refractivity contribution in [2.24, 2.45) is 0 Å². The third-order valence-corrected chi connectivity index (χ3v) is 6.51. The first-order valence-electron chi connectivity index (χ1n) is 11.9. The van der Waals surface area contributed by atoms with Crippen LogP contribution in [-0.2, 0) is 5.41 Å². The molecule has 0 bridgehead atoms. The Bertz CT molecular complexity index is 876. The highest BCUT2D eigenvalue weighted by atomic mass is 16.5. The monoisotopic (exact) mass is 470 g/mol. The van der Waals surface area contributed by atoms with E-state index in [9.17, 15) is 9.59 Å². The molecule has 186 valence electrons. The second-order valence-corrected chi connectivity index (χ2v) is 8.57. The van der Waals surface area contributed by atoms with Gasteiger partial charge in [-0.15, -0.1) is 0 Å². The van der Waals surface area contributed by atoms with Gasteiger partial charge in [0.05, 0.1) is 12.7 Å². The number of carboxylic acid groups (broad SMARTS) is 1. The fraction of sp³-hybridized carbons (Fsp3) is 0.481. The molecular weight excluding hydrogens is 432 g/mol. The van der Waals surface area contributed by atoms with Crippen molar-refractivity contribution >= 4 is 12.0 Å². The van der Waals surface area contributed by atoms with Crippen LogP contribution in [0.25, 0.3) is 0 Å². The van der Waals surface area contributed by atoms with Crippen LogP contribution in [-0.4, -0.2) is 61.0 Å². The second kappa shape index (κ2) is 14.3. The number of hydrogen-bond acceptors (Lipinski definition) is 4. The van der Waals surface area contributed by atoms with Gasteiger partial charge in [0.15, 0.2) is 0 Å². The molecule has 2 aromatic rings. The number of aliphatic hydroxyl groups is 1. The minimum absolute atomic E-state index is 0.0528. The first kappa shape index (κ1) is 27.2. The Morgan fingerprint density at radius 1 is 0.912 bits per heavy atom. The molecule has 7 heteroatoms. The highest BCUT2D eigenvalue weighted by Gasteiger charge is 2.34. The number of ether oxygens (including phenoxy) is 1. The van der Waals surface area contributed by atoms with E-state index < -0.39 is 6.09 Å². The van der Waals surface area contributed by atoms with E-state index in [1.54, 1.807) is 7.11 Å². The first-order valence-corrected chi connectivity index (χ1v) is 11.9. The zero-order valence-corrected chi connectivity index (χ0v) is 20.3. The van der Waals surface area contributed by atoms with Crippen LogP contribution in [0.3, 0.4) is 0 Å². The Hall–Kier alpha value is -3.06. The summed E-state index contributed by atoms with van der Waals surface area (Å²) in [6.07, 6.45) is 7.28. The molecule has 4 rings (SSSR count).